The van der Waals surface area contributed by atoms with Crippen molar-refractivity contribution in [3.63, 3.8) is 0 Å². The number of ether oxygens (including phenoxy) is 1. The normalized spacial score (nSPS) is 14.5. The molecule has 5 nitrogen and oxygen atoms in total. The number of hydrogen-bond donors (Lipinski definition) is 2. The molecule has 0 spiro atoms. The molecule has 3 aromatic rings. The summed E-state index contributed by atoms with van der Waals surface area (Å²) in [5, 5.41) is 7.27. The first-order valence-corrected chi connectivity index (χ1v) is 9.37. The van der Waals surface area contributed by atoms with Gasteiger partial charge in [0.1, 0.15) is 23.7 Å². The maximum atomic E-state index is 13.4. The van der Waals surface area contributed by atoms with Gasteiger partial charge >= 0.3 is 0 Å². The summed E-state index contributed by atoms with van der Waals surface area (Å²) in [5.74, 6) is 0.957. The van der Waals surface area contributed by atoms with Crippen molar-refractivity contribution in [3.05, 3.63) is 47.5 Å². The zero-order valence-corrected chi connectivity index (χ0v) is 15.7. The summed E-state index contributed by atoms with van der Waals surface area (Å²) in [5.41, 5.74) is 2.30. The summed E-state index contributed by atoms with van der Waals surface area (Å²) in [6.07, 6.45) is 6.35. The van der Waals surface area contributed by atoms with Gasteiger partial charge < -0.3 is 15.4 Å². The van der Waals surface area contributed by atoms with E-state index in [0.717, 1.165) is 35.2 Å². The Morgan fingerprint density at radius 3 is 2.70 bits per heavy atom. The van der Waals surface area contributed by atoms with Gasteiger partial charge in [-0.3, -0.25) is 0 Å². The van der Waals surface area contributed by atoms with Crippen LogP contribution in [0, 0.1) is 5.82 Å². The van der Waals surface area contributed by atoms with Gasteiger partial charge in [0.25, 0.3) is 0 Å². The van der Waals surface area contributed by atoms with Crippen LogP contribution in [0.15, 0.2) is 36.7 Å². The zero-order valence-electron chi connectivity index (χ0n) is 14.9. The molecule has 2 aromatic carbocycles. The van der Waals surface area contributed by atoms with E-state index in [1.54, 1.807) is 6.07 Å². The third-order valence-electron chi connectivity index (χ3n) is 4.78. The number of hydrogen-bond acceptors (Lipinski definition) is 5. The Morgan fingerprint density at radius 2 is 1.96 bits per heavy atom. The minimum atomic E-state index is -0.457. The molecule has 27 heavy (non-hydrogen) atoms. The largest absolute Gasteiger partial charge is 0.488 e. The highest BCUT2D eigenvalue weighted by atomic mass is 35.5. The average molecular weight is 387 g/mol. The maximum Gasteiger partial charge on any atom is 0.144 e. The van der Waals surface area contributed by atoms with Gasteiger partial charge in [-0.2, -0.15) is 0 Å². The van der Waals surface area contributed by atoms with Crippen molar-refractivity contribution in [1.29, 1.82) is 0 Å². The van der Waals surface area contributed by atoms with E-state index in [2.05, 4.69) is 20.6 Å². The standard InChI is InChI=1S/C20H20ClFN4O/c1-23-18-9-14-17(10-19(18)27-13-4-2-3-5-13)24-11-25-20(14)26-12-6-7-16(22)15(21)8-12/h6-11,13,23H,2-5H2,1H3,(H,24,25,26). The molecule has 1 aliphatic rings. The van der Waals surface area contributed by atoms with Crippen molar-refractivity contribution in [1.82, 2.24) is 9.97 Å². The molecule has 140 valence electrons. The van der Waals surface area contributed by atoms with Gasteiger partial charge in [0, 0.05) is 24.2 Å². The molecular formula is C20H20ClFN4O. The molecule has 0 radical (unpaired) electrons. The highest BCUT2D eigenvalue weighted by molar-refractivity contribution is 6.31. The summed E-state index contributed by atoms with van der Waals surface area (Å²) >= 11 is 5.87. The Labute approximate surface area is 161 Å². The lowest BCUT2D eigenvalue weighted by atomic mass is 10.1. The van der Waals surface area contributed by atoms with Gasteiger partial charge in [0.15, 0.2) is 0 Å². The van der Waals surface area contributed by atoms with Crippen molar-refractivity contribution in [3.8, 4) is 5.75 Å². The van der Waals surface area contributed by atoms with Gasteiger partial charge in [0.2, 0.25) is 0 Å². The molecule has 0 bridgehead atoms. The number of anilines is 3. The molecule has 0 aliphatic heterocycles. The van der Waals surface area contributed by atoms with E-state index in [9.17, 15) is 4.39 Å². The molecular weight excluding hydrogens is 367 g/mol. The number of nitrogens with zero attached hydrogens (tertiary/aromatic N) is 2. The summed E-state index contributed by atoms with van der Waals surface area (Å²) in [4.78, 5) is 8.72. The highest BCUT2D eigenvalue weighted by Gasteiger charge is 2.19. The van der Waals surface area contributed by atoms with E-state index < -0.39 is 5.82 Å². The van der Waals surface area contributed by atoms with Crippen molar-refractivity contribution in [2.75, 3.05) is 17.7 Å². The number of rotatable bonds is 5. The van der Waals surface area contributed by atoms with Crippen LogP contribution in [0.3, 0.4) is 0 Å². The second kappa shape index (κ2) is 7.56. The van der Waals surface area contributed by atoms with Crippen molar-refractivity contribution in [2.45, 2.75) is 31.8 Å². The molecule has 2 N–H and O–H groups in total. The Hall–Kier alpha value is -2.60. The van der Waals surface area contributed by atoms with Gasteiger partial charge in [0.05, 0.1) is 22.3 Å². The summed E-state index contributed by atoms with van der Waals surface area (Å²) in [7, 11) is 1.86. The minimum absolute atomic E-state index is 0.0570. The second-order valence-electron chi connectivity index (χ2n) is 6.62. The first-order valence-electron chi connectivity index (χ1n) is 8.99. The van der Waals surface area contributed by atoms with Gasteiger partial charge in [-0.1, -0.05) is 11.6 Å². The molecule has 1 fully saturated rings. The Kier molecular flexibility index (Phi) is 4.99. The van der Waals surface area contributed by atoms with Crippen LogP contribution in [-0.2, 0) is 0 Å². The van der Waals surface area contributed by atoms with Crippen LogP contribution in [0.4, 0.5) is 21.6 Å². The van der Waals surface area contributed by atoms with Crippen LogP contribution >= 0.6 is 11.6 Å². The Bertz CT molecular complexity index is 976. The van der Waals surface area contributed by atoms with E-state index in [1.807, 2.05) is 19.2 Å². The second-order valence-corrected chi connectivity index (χ2v) is 7.02. The first-order chi connectivity index (χ1) is 13.1. The van der Waals surface area contributed by atoms with Gasteiger partial charge in [-0.15, -0.1) is 0 Å². The third kappa shape index (κ3) is 3.76. The zero-order chi connectivity index (χ0) is 18.8. The van der Waals surface area contributed by atoms with E-state index >= 15 is 0 Å². The lowest BCUT2D eigenvalue weighted by Gasteiger charge is -2.18. The predicted octanol–water partition coefficient (Wildman–Crippen LogP) is 5.53. The number of fused-ring (bicyclic) bond motifs is 1. The average Bonchev–Trinajstić information content (AvgIpc) is 3.17. The van der Waals surface area contributed by atoms with Crippen LogP contribution in [0.5, 0.6) is 5.75 Å². The van der Waals surface area contributed by atoms with E-state index in [1.165, 1.54) is 31.3 Å². The first kappa shape index (κ1) is 17.8. The molecule has 1 heterocycles. The van der Waals surface area contributed by atoms with Crippen LogP contribution in [0.25, 0.3) is 10.9 Å². The van der Waals surface area contributed by atoms with Crippen molar-refractivity contribution in [2.24, 2.45) is 0 Å². The van der Waals surface area contributed by atoms with E-state index in [0.29, 0.717) is 11.5 Å². The summed E-state index contributed by atoms with van der Waals surface area (Å²) in [6, 6.07) is 8.37. The van der Waals surface area contributed by atoms with Gasteiger partial charge in [-0.05, 0) is 49.9 Å². The molecule has 1 aromatic heterocycles. The molecule has 0 atom stereocenters. The molecule has 0 amide bonds. The fraction of sp³-hybridized carbons (Fsp3) is 0.300. The fourth-order valence-electron chi connectivity index (χ4n) is 3.37. The summed E-state index contributed by atoms with van der Waals surface area (Å²) in [6.45, 7) is 0. The van der Waals surface area contributed by atoms with Crippen molar-refractivity contribution < 1.29 is 9.13 Å². The van der Waals surface area contributed by atoms with E-state index in [-0.39, 0.29) is 11.1 Å². The van der Waals surface area contributed by atoms with Gasteiger partial charge in [-0.25, -0.2) is 14.4 Å². The minimum Gasteiger partial charge on any atom is -0.488 e. The Balaban J connectivity index is 1.70. The lowest BCUT2D eigenvalue weighted by Crippen LogP contribution is -2.12. The third-order valence-corrected chi connectivity index (χ3v) is 5.07. The van der Waals surface area contributed by atoms with Crippen molar-refractivity contribution >= 4 is 39.7 Å². The van der Waals surface area contributed by atoms with Crippen LogP contribution in [-0.4, -0.2) is 23.1 Å². The maximum absolute atomic E-state index is 13.4. The SMILES string of the molecule is CNc1cc2c(Nc3ccc(F)c(Cl)c3)ncnc2cc1OC1CCCC1. The smallest absolute Gasteiger partial charge is 0.144 e. The topological polar surface area (TPSA) is 59.1 Å². The molecule has 4 rings (SSSR count). The quantitative estimate of drug-likeness (QED) is 0.603. The number of nitrogens with one attached hydrogen (secondary N) is 2. The fourth-order valence-corrected chi connectivity index (χ4v) is 3.55. The molecule has 1 saturated carbocycles. The van der Waals surface area contributed by atoms with E-state index in [4.69, 9.17) is 16.3 Å². The number of benzene rings is 2. The van der Waals surface area contributed by atoms with Crippen LogP contribution in [0.1, 0.15) is 25.7 Å². The van der Waals surface area contributed by atoms with Crippen LogP contribution < -0.4 is 15.4 Å². The monoisotopic (exact) mass is 386 g/mol. The number of aromatic nitrogens is 2. The highest BCUT2D eigenvalue weighted by Crippen LogP contribution is 2.35. The number of halogens is 2. The molecule has 1 aliphatic carbocycles. The molecule has 0 unspecified atom stereocenters. The lowest BCUT2D eigenvalue weighted by molar-refractivity contribution is 0.211. The Morgan fingerprint density at radius 1 is 1.15 bits per heavy atom. The predicted molar refractivity (Wildman–Crippen MR) is 107 cm³/mol. The molecule has 7 heteroatoms. The molecule has 0 saturated heterocycles. The van der Waals surface area contributed by atoms with Crippen LogP contribution in [0.2, 0.25) is 5.02 Å². The summed E-state index contributed by atoms with van der Waals surface area (Å²) < 4.78 is 19.6.